The van der Waals surface area contributed by atoms with Crippen molar-refractivity contribution in [3.05, 3.63) is 83.0 Å². The van der Waals surface area contributed by atoms with Crippen molar-refractivity contribution in [3.8, 4) is 11.1 Å². The average Bonchev–Trinajstić information content (AvgIpc) is 3.53. The molecule has 4 fully saturated rings. The first kappa shape index (κ1) is 30.6. The standard InChI is InChI=1S/C19H21.C10H14.C5H5.2ClH.Ti/c1-12(2)14-5-7-16-9-17-8-6-15(13(3)4)11-19(17)18(16)10-14;1-7-2-9-4-8(1)5-10(3-7)6-9;1-2-4-5-3-1;;;/h5-7,10-13H,9H2,1-4H3;7-10H,1-5H2;1-3H,4H2;2*1H;/q-1;;-1;;;+2/p-2. The quantitative estimate of drug-likeness (QED) is 0.330. The number of halogens is 2. The molecule has 8 rings (SSSR count). The van der Waals surface area contributed by atoms with Gasteiger partial charge >= 0.3 is 79.6 Å². The van der Waals surface area contributed by atoms with Crippen LogP contribution in [0.3, 0.4) is 0 Å². The molecule has 0 amide bonds. The van der Waals surface area contributed by atoms with E-state index in [4.69, 9.17) is 0 Å². The molecule has 2 aromatic carbocycles. The van der Waals surface area contributed by atoms with Crippen molar-refractivity contribution in [2.75, 3.05) is 0 Å². The summed E-state index contributed by atoms with van der Waals surface area (Å²) in [6, 6.07) is 15.0. The first-order valence-electron chi connectivity index (χ1n) is 13.9. The Morgan fingerprint density at radius 3 is 1.95 bits per heavy atom. The molecule has 6 aliphatic rings. The van der Waals surface area contributed by atoms with E-state index in [0.717, 1.165) is 36.5 Å². The number of hydrogen-bond acceptors (Lipinski definition) is 0. The molecular weight excluding hydrogens is 527 g/mol. The molecule has 0 aromatic heterocycles. The van der Waals surface area contributed by atoms with Gasteiger partial charge < -0.3 is 24.8 Å². The van der Waals surface area contributed by atoms with E-state index in [1.807, 2.05) is 16.0 Å². The summed E-state index contributed by atoms with van der Waals surface area (Å²) in [7, 11) is 0. The molecule has 6 aliphatic carbocycles. The van der Waals surface area contributed by atoms with Crippen molar-refractivity contribution in [2.45, 2.75) is 84.5 Å². The van der Waals surface area contributed by atoms with E-state index in [2.05, 4.69) is 96.2 Å². The molecule has 4 saturated carbocycles. The molecule has 196 valence electrons. The SMILES string of the molecule is CC(C)c1c[c-]c2c(c1)-c1cc(C(C)C)ccc1C2.[C-]1=CC=CC1.[Cl-].[Cl-].[Ti+2]=[C]1C2CC3CC(C2)CC1C3. The first-order valence-corrected chi connectivity index (χ1v) is 14.6. The van der Waals surface area contributed by atoms with E-state index in [1.165, 1.54) is 33.4 Å². The van der Waals surface area contributed by atoms with Crippen LogP contribution in [0.15, 0.2) is 48.6 Å². The third kappa shape index (κ3) is 7.00. The van der Waals surface area contributed by atoms with Gasteiger partial charge in [0.1, 0.15) is 0 Å². The second-order valence-electron chi connectivity index (χ2n) is 12.0. The predicted octanol–water partition coefficient (Wildman–Crippen LogP) is 2.78. The number of fused-ring (bicyclic) bond motifs is 3. The van der Waals surface area contributed by atoms with Crippen LogP contribution in [0.4, 0.5) is 0 Å². The minimum atomic E-state index is 0. The van der Waals surface area contributed by atoms with Crippen LogP contribution in [0, 0.1) is 35.8 Å². The summed E-state index contributed by atoms with van der Waals surface area (Å²) in [4.78, 5) is 0. The minimum absolute atomic E-state index is 0. The van der Waals surface area contributed by atoms with Gasteiger partial charge in [0.2, 0.25) is 0 Å². The molecule has 0 atom stereocenters. The zero-order valence-electron chi connectivity index (χ0n) is 22.8. The summed E-state index contributed by atoms with van der Waals surface area (Å²) in [5.41, 5.74) is 8.48. The average molecular weight is 567 g/mol. The molecule has 0 saturated heterocycles. The Kier molecular flexibility index (Phi) is 11.1. The normalized spacial score (nSPS) is 25.0. The van der Waals surface area contributed by atoms with Gasteiger partial charge in [0.05, 0.1) is 0 Å². The van der Waals surface area contributed by atoms with E-state index >= 15 is 0 Å². The molecule has 0 spiro atoms. The Hall–Kier alpha value is -0.916. The van der Waals surface area contributed by atoms with Crippen molar-refractivity contribution in [3.63, 3.8) is 0 Å². The summed E-state index contributed by atoms with van der Waals surface area (Å²) in [6.07, 6.45) is 18.8. The van der Waals surface area contributed by atoms with Gasteiger partial charge in [0.15, 0.2) is 0 Å². The number of benzene rings is 2. The van der Waals surface area contributed by atoms with Gasteiger partial charge in [-0.1, -0.05) is 62.9 Å². The molecule has 4 bridgehead atoms. The van der Waals surface area contributed by atoms with Gasteiger partial charge in [-0.05, 0) is 17.9 Å². The van der Waals surface area contributed by atoms with Crippen LogP contribution in [0.2, 0.25) is 0 Å². The van der Waals surface area contributed by atoms with Gasteiger partial charge in [-0.15, -0.1) is 12.0 Å². The van der Waals surface area contributed by atoms with E-state index < -0.39 is 0 Å². The molecule has 0 radical (unpaired) electrons. The second-order valence-corrected chi connectivity index (χ2v) is 12.9. The van der Waals surface area contributed by atoms with Crippen molar-refractivity contribution in [2.24, 2.45) is 23.7 Å². The summed E-state index contributed by atoms with van der Waals surface area (Å²) < 4.78 is 1.87. The summed E-state index contributed by atoms with van der Waals surface area (Å²) >= 11 is 2.42. The van der Waals surface area contributed by atoms with Crippen molar-refractivity contribution < 1.29 is 44.8 Å². The molecule has 0 N–H and O–H groups in total. The van der Waals surface area contributed by atoms with Gasteiger partial charge in [0.25, 0.3) is 0 Å². The fraction of sp³-hybridized carbons (Fsp3) is 0.500. The maximum absolute atomic E-state index is 3.49. The van der Waals surface area contributed by atoms with Crippen LogP contribution in [-0.4, -0.2) is 3.81 Å². The van der Waals surface area contributed by atoms with Gasteiger partial charge in [-0.3, -0.25) is 6.08 Å². The monoisotopic (exact) mass is 566 g/mol. The first-order chi connectivity index (χ1) is 16.9. The molecule has 0 unspecified atom stereocenters. The van der Waals surface area contributed by atoms with E-state index in [-0.39, 0.29) is 24.8 Å². The van der Waals surface area contributed by atoms with Gasteiger partial charge in [-0.25, -0.2) is 12.2 Å². The Bertz CT molecular complexity index is 1040. The topological polar surface area (TPSA) is 0 Å². The van der Waals surface area contributed by atoms with Crippen LogP contribution in [0.25, 0.3) is 11.1 Å². The van der Waals surface area contributed by atoms with Crippen LogP contribution in [-0.2, 0) is 26.4 Å². The van der Waals surface area contributed by atoms with Gasteiger partial charge in [0, 0.05) is 0 Å². The Morgan fingerprint density at radius 1 is 0.811 bits per heavy atom. The van der Waals surface area contributed by atoms with E-state index in [9.17, 15) is 0 Å². The van der Waals surface area contributed by atoms with Crippen molar-refractivity contribution in [1.82, 2.24) is 0 Å². The van der Waals surface area contributed by atoms with Crippen LogP contribution < -0.4 is 24.8 Å². The molecule has 2 aromatic rings. The zero-order valence-corrected chi connectivity index (χ0v) is 25.9. The third-order valence-electron chi connectivity index (χ3n) is 8.78. The number of hydrogen-bond donors (Lipinski definition) is 0. The summed E-state index contributed by atoms with van der Waals surface area (Å²) in [5, 5.41) is 0. The van der Waals surface area contributed by atoms with Crippen molar-refractivity contribution >= 4 is 3.81 Å². The van der Waals surface area contributed by atoms with Crippen molar-refractivity contribution in [1.29, 1.82) is 0 Å². The van der Waals surface area contributed by atoms with E-state index in [1.54, 1.807) is 32.1 Å². The van der Waals surface area contributed by atoms with Crippen LogP contribution >= 0.6 is 0 Å². The Labute approximate surface area is 249 Å². The molecule has 37 heavy (non-hydrogen) atoms. The molecular formula is C34H40Cl2Ti-2. The molecule has 0 aliphatic heterocycles. The molecule has 0 heterocycles. The fourth-order valence-electron chi connectivity index (χ4n) is 6.84. The Morgan fingerprint density at radius 2 is 1.43 bits per heavy atom. The Balaban J connectivity index is 0.000000178. The zero-order chi connectivity index (χ0) is 24.5. The maximum atomic E-state index is 3.49. The summed E-state index contributed by atoms with van der Waals surface area (Å²) in [5.74, 6) is 5.56. The molecule has 3 heteroatoms. The fourth-order valence-corrected chi connectivity index (χ4v) is 7.58. The predicted molar refractivity (Wildman–Crippen MR) is 145 cm³/mol. The summed E-state index contributed by atoms with van der Waals surface area (Å²) in [6.45, 7) is 9.01. The number of rotatable bonds is 2. The number of allylic oxidation sites excluding steroid dienone is 4. The van der Waals surface area contributed by atoms with Crippen LogP contribution in [0.5, 0.6) is 0 Å². The molecule has 0 nitrogen and oxygen atoms in total. The van der Waals surface area contributed by atoms with Crippen LogP contribution in [0.1, 0.15) is 100 Å². The van der Waals surface area contributed by atoms with E-state index in [0.29, 0.717) is 11.8 Å². The third-order valence-corrected chi connectivity index (χ3v) is 10.1. The second kappa shape index (κ2) is 13.4. The van der Waals surface area contributed by atoms with Gasteiger partial charge in [-0.2, -0.15) is 35.4 Å².